The summed E-state index contributed by atoms with van der Waals surface area (Å²) in [6.07, 6.45) is 3.19. The number of halogens is 1. The molecule has 0 bridgehead atoms. The fourth-order valence-electron chi connectivity index (χ4n) is 1.78. The first kappa shape index (κ1) is 17.4. The molecular formula is C16H19FN2O3. The summed E-state index contributed by atoms with van der Waals surface area (Å²) in [4.78, 5) is 25.0. The zero-order valence-electron chi connectivity index (χ0n) is 12.5. The molecule has 0 spiro atoms. The number of esters is 1. The van der Waals surface area contributed by atoms with Crippen molar-refractivity contribution in [1.29, 1.82) is 0 Å². The molecule has 0 aliphatic rings. The van der Waals surface area contributed by atoms with Crippen LogP contribution in [-0.4, -0.2) is 43.5 Å². The molecular weight excluding hydrogens is 287 g/mol. The second-order valence-corrected chi connectivity index (χ2v) is 4.42. The summed E-state index contributed by atoms with van der Waals surface area (Å²) in [5.41, 5.74) is 0.265. The van der Waals surface area contributed by atoms with E-state index in [1.165, 1.54) is 24.1 Å². The van der Waals surface area contributed by atoms with Crippen LogP contribution < -0.4 is 5.32 Å². The lowest BCUT2D eigenvalue weighted by molar-refractivity contribution is -0.128. The highest BCUT2D eigenvalue weighted by Crippen LogP contribution is 2.16. The van der Waals surface area contributed by atoms with E-state index >= 15 is 0 Å². The molecule has 0 saturated carbocycles. The van der Waals surface area contributed by atoms with Gasteiger partial charge >= 0.3 is 5.97 Å². The van der Waals surface area contributed by atoms with E-state index in [0.29, 0.717) is 13.1 Å². The first-order valence-electron chi connectivity index (χ1n) is 6.64. The Balaban J connectivity index is 2.77. The lowest BCUT2D eigenvalue weighted by atomic mass is 10.2. The summed E-state index contributed by atoms with van der Waals surface area (Å²) in [7, 11) is 1.24. The number of hydrogen-bond donors (Lipinski definition) is 1. The van der Waals surface area contributed by atoms with Gasteiger partial charge in [0.15, 0.2) is 0 Å². The number of ether oxygens (including phenoxy) is 1. The van der Waals surface area contributed by atoms with Crippen molar-refractivity contribution in [2.45, 2.75) is 0 Å². The molecule has 0 aliphatic carbocycles. The van der Waals surface area contributed by atoms with E-state index in [4.69, 9.17) is 0 Å². The van der Waals surface area contributed by atoms with E-state index in [0.717, 1.165) is 6.07 Å². The number of nitrogens with zero attached hydrogens (tertiary/aromatic N) is 1. The molecule has 0 radical (unpaired) electrons. The molecule has 0 aliphatic heterocycles. The number of methoxy groups -OCH3 is 1. The average Bonchev–Trinajstić information content (AvgIpc) is 2.52. The van der Waals surface area contributed by atoms with Crippen molar-refractivity contribution < 1.29 is 18.7 Å². The second-order valence-electron chi connectivity index (χ2n) is 4.42. The van der Waals surface area contributed by atoms with E-state index in [1.807, 2.05) is 0 Å². The fraction of sp³-hybridized carbons (Fsp3) is 0.250. The summed E-state index contributed by atoms with van der Waals surface area (Å²) < 4.78 is 18.3. The first-order valence-corrected chi connectivity index (χ1v) is 6.64. The molecule has 22 heavy (non-hydrogen) atoms. The van der Waals surface area contributed by atoms with Gasteiger partial charge in [-0.3, -0.25) is 4.79 Å². The number of rotatable bonds is 8. The SMILES string of the molecule is C=CCN(CC=C)C(=O)CNc1cc(C(=O)OC)ccc1F. The maximum Gasteiger partial charge on any atom is 0.337 e. The third kappa shape index (κ3) is 4.73. The van der Waals surface area contributed by atoms with Crippen LogP contribution in [0.2, 0.25) is 0 Å². The van der Waals surface area contributed by atoms with Crippen molar-refractivity contribution in [2.24, 2.45) is 0 Å². The Labute approximate surface area is 129 Å². The van der Waals surface area contributed by atoms with Crippen LogP contribution in [0.25, 0.3) is 0 Å². The zero-order chi connectivity index (χ0) is 16.5. The van der Waals surface area contributed by atoms with E-state index < -0.39 is 11.8 Å². The molecule has 1 N–H and O–H groups in total. The molecule has 1 rings (SSSR count). The van der Waals surface area contributed by atoms with Gasteiger partial charge in [-0.2, -0.15) is 0 Å². The molecule has 0 heterocycles. The zero-order valence-corrected chi connectivity index (χ0v) is 12.5. The molecule has 0 saturated heterocycles. The monoisotopic (exact) mass is 306 g/mol. The Morgan fingerprint density at radius 1 is 1.32 bits per heavy atom. The van der Waals surface area contributed by atoms with Crippen molar-refractivity contribution in [3.8, 4) is 0 Å². The molecule has 118 valence electrons. The summed E-state index contributed by atoms with van der Waals surface area (Å²) in [5.74, 6) is -1.36. The topological polar surface area (TPSA) is 58.6 Å². The van der Waals surface area contributed by atoms with Gasteiger partial charge in [0.1, 0.15) is 5.82 Å². The van der Waals surface area contributed by atoms with Crippen LogP contribution in [0.1, 0.15) is 10.4 Å². The van der Waals surface area contributed by atoms with Gasteiger partial charge in [-0.05, 0) is 18.2 Å². The van der Waals surface area contributed by atoms with Crippen LogP contribution in [0.15, 0.2) is 43.5 Å². The molecule has 6 heteroatoms. The van der Waals surface area contributed by atoms with Crippen LogP contribution >= 0.6 is 0 Å². The van der Waals surface area contributed by atoms with Gasteiger partial charge in [0.2, 0.25) is 5.91 Å². The smallest absolute Gasteiger partial charge is 0.337 e. The molecule has 1 aromatic carbocycles. The molecule has 0 fully saturated rings. The van der Waals surface area contributed by atoms with Gasteiger partial charge in [-0.25, -0.2) is 9.18 Å². The largest absolute Gasteiger partial charge is 0.465 e. The van der Waals surface area contributed by atoms with Gasteiger partial charge in [0.05, 0.1) is 24.9 Å². The van der Waals surface area contributed by atoms with Crippen molar-refractivity contribution in [1.82, 2.24) is 4.90 Å². The normalized spacial score (nSPS) is 9.73. The van der Waals surface area contributed by atoms with Gasteiger partial charge < -0.3 is 15.0 Å². The average molecular weight is 306 g/mol. The van der Waals surface area contributed by atoms with Gasteiger partial charge in [0.25, 0.3) is 0 Å². The molecule has 1 aromatic rings. The molecule has 1 amide bonds. The number of amides is 1. The fourth-order valence-corrected chi connectivity index (χ4v) is 1.78. The standard InChI is InChI=1S/C16H19FN2O3/c1-4-8-19(9-5-2)15(20)11-18-14-10-12(16(21)22-3)6-7-13(14)17/h4-7,10,18H,1-2,8-9,11H2,3H3. The number of hydrogen-bond acceptors (Lipinski definition) is 4. The van der Waals surface area contributed by atoms with Crippen molar-refractivity contribution >= 4 is 17.6 Å². The van der Waals surface area contributed by atoms with Crippen molar-refractivity contribution in [3.05, 3.63) is 54.9 Å². The highest BCUT2D eigenvalue weighted by Gasteiger charge is 2.13. The maximum atomic E-state index is 13.7. The maximum absolute atomic E-state index is 13.7. The van der Waals surface area contributed by atoms with Crippen LogP contribution in [0.5, 0.6) is 0 Å². The lowest BCUT2D eigenvalue weighted by Crippen LogP contribution is -2.35. The quantitative estimate of drug-likeness (QED) is 0.591. The summed E-state index contributed by atoms with van der Waals surface area (Å²) in [5, 5.41) is 2.69. The highest BCUT2D eigenvalue weighted by molar-refractivity contribution is 5.90. The molecule has 5 nitrogen and oxygen atoms in total. The predicted molar refractivity (Wildman–Crippen MR) is 83.2 cm³/mol. The number of anilines is 1. The van der Waals surface area contributed by atoms with Crippen LogP contribution in [0, 0.1) is 5.82 Å². The predicted octanol–water partition coefficient (Wildman–Crippen LogP) is 2.22. The van der Waals surface area contributed by atoms with E-state index in [2.05, 4.69) is 23.2 Å². The summed E-state index contributed by atoms with van der Waals surface area (Å²) >= 11 is 0. The number of carbonyl (C=O) groups is 2. The van der Waals surface area contributed by atoms with Crippen LogP contribution in [0.3, 0.4) is 0 Å². The second kappa shape index (κ2) is 8.61. The number of benzene rings is 1. The van der Waals surface area contributed by atoms with Crippen LogP contribution in [0.4, 0.5) is 10.1 Å². The third-order valence-corrected chi connectivity index (χ3v) is 2.87. The molecule has 0 unspecified atom stereocenters. The van der Waals surface area contributed by atoms with Gasteiger partial charge in [-0.1, -0.05) is 12.2 Å². The van der Waals surface area contributed by atoms with Gasteiger partial charge in [0, 0.05) is 13.1 Å². The summed E-state index contributed by atoms with van der Waals surface area (Å²) in [6.45, 7) is 7.79. The van der Waals surface area contributed by atoms with E-state index in [1.54, 1.807) is 12.2 Å². The number of carbonyl (C=O) groups excluding carboxylic acids is 2. The van der Waals surface area contributed by atoms with E-state index in [-0.39, 0.29) is 23.7 Å². The Bertz CT molecular complexity index is 563. The number of nitrogens with one attached hydrogen (secondary N) is 1. The van der Waals surface area contributed by atoms with Crippen molar-refractivity contribution in [3.63, 3.8) is 0 Å². The van der Waals surface area contributed by atoms with Crippen LogP contribution in [-0.2, 0) is 9.53 Å². The Morgan fingerprint density at radius 2 is 1.95 bits per heavy atom. The Kier molecular flexibility index (Phi) is 6.82. The molecule has 0 atom stereocenters. The third-order valence-electron chi connectivity index (χ3n) is 2.87. The Hall–Kier alpha value is -2.63. The van der Waals surface area contributed by atoms with Gasteiger partial charge in [-0.15, -0.1) is 13.2 Å². The van der Waals surface area contributed by atoms with E-state index in [9.17, 15) is 14.0 Å². The van der Waals surface area contributed by atoms with Crippen molar-refractivity contribution in [2.75, 3.05) is 32.1 Å². The summed E-state index contributed by atoms with van der Waals surface area (Å²) in [6, 6.07) is 3.76. The molecule has 0 aromatic heterocycles. The highest BCUT2D eigenvalue weighted by atomic mass is 19.1. The Morgan fingerprint density at radius 3 is 2.50 bits per heavy atom. The minimum Gasteiger partial charge on any atom is -0.465 e. The lowest BCUT2D eigenvalue weighted by Gasteiger charge is -2.20. The minimum atomic E-state index is -0.575. The minimum absolute atomic E-state index is 0.0633. The first-order chi connectivity index (χ1) is 10.5.